The number of hydrogen-bond acceptors (Lipinski definition) is 6. The van der Waals surface area contributed by atoms with Crippen LogP contribution in [0.4, 0.5) is 5.69 Å². The van der Waals surface area contributed by atoms with Crippen molar-refractivity contribution in [3.63, 3.8) is 0 Å². The van der Waals surface area contributed by atoms with E-state index in [0.29, 0.717) is 25.2 Å². The van der Waals surface area contributed by atoms with Gasteiger partial charge in [0.1, 0.15) is 0 Å². The minimum absolute atomic E-state index is 0.0916. The lowest BCUT2D eigenvalue weighted by molar-refractivity contribution is -0.385. The third kappa shape index (κ3) is 3.39. The zero-order chi connectivity index (χ0) is 18.0. The average Bonchev–Trinajstić information content (AvgIpc) is 2.62. The second kappa shape index (κ2) is 6.87. The highest BCUT2D eigenvalue weighted by Gasteiger charge is 2.35. The number of benzene rings is 1. The van der Waals surface area contributed by atoms with E-state index >= 15 is 0 Å². The van der Waals surface area contributed by atoms with Crippen LogP contribution in [0.2, 0.25) is 0 Å². The summed E-state index contributed by atoms with van der Waals surface area (Å²) in [7, 11) is -3.79. The molecule has 2 heterocycles. The summed E-state index contributed by atoms with van der Waals surface area (Å²) in [5, 5.41) is 14.1. The van der Waals surface area contributed by atoms with E-state index in [1.54, 1.807) is 25.4 Å². The molecule has 9 heteroatoms. The smallest absolute Gasteiger partial charge is 0.269 e. The van der Waals surface area contributed by atoms with Crippen LogP contribution in [0.1, 0.15) is 17.2 Å². The lowest BCUT2D eigenvalue weighted by Gasteiger charge is -2.35. The highest BCUT2D eigenvalue weighted by molar-refractivity contribution is 7.89. The Kier molecular flexibility index (Phi) is 4.80. The fraction of sp³-hybridized carbons (Fsp3) is 0.312. The Labute approximate surface area is 145 Å². The maximum Gasteiger partial charge on any atom is 0.269 e. The van der Waals surface area contributed by atoms with Gasteiger partial charge in [0.15, 0.2) is 0 Å². The van der Waals surface area contributed by atoms with E-state index in [4.69, 9.17) is 0 Å². The van der Waals surface area contributed by atoms with Gasteiger partial charge in [-0.25, -0.2) is 8.42 Å². The minimum atomic E-state index is -3.79. The number of nitrogens with zero attached hydrogens (tertiary/aromatic N) is 3. The monoisotopic (exact) mass is 362 g/mol. The second-order valence-corrected chi connectivity index (χ2v) is 7.69. The fourth-order valence-corrected chi connectivity index (χ4v) is 4.81. The molecular formula is C16H18N4O4S. The van der Waals surface area contributed by atoms with Gasteiger partial charge in [-0.15, -0.1) is 0 Å². The van der Waals surface area contributed by atoms with Crippen molar-refractivity contribution in [2.75, 3.05) is 19.6 Å². The first kappa shape index (κ1) is 17.5. The summed E-state index contributed by atoms with van der Waals surface area (Å²) in [5.74, 6) is 0. The van der Waals surface area contributed by atoms with Gasteiger partial charge in [0, 0.05) is 44.2 Å². The van der Waals surface area contributed by atoms with E-state index in [2.05, 4.69) is 10.3 Å². The van der Waals surface area contributed by atoms with Crippen LogP contribution in [-0.2, 0) is 10.0 Å². The summed E-state index contributed by atoms with van der Waals surface area (Å²) < 4.78 is 27.8. The van der Waals surface area contributed by atoms with Crippen LogP contribution >= 0.6 is 0 Å². The van der Waals surface area contributed by atoms with Gasteiger partial charge in [-0.2, -0.15) is 4.31 Å². The molecule has 0 bridgehead atoms. The highest BCUT2D eigenvalue weighted by atomic mass is 32.2. The maximum atomic E-state index is 13.2. The number of non-ortho nitro benzene ring substituents is 1. The summed E-state index contributed by atoms with van der Waals surface area (Å²) in [5.41, 5.74) is 1.04. The van der Waals surface area contributed by atoms with Crippen molar-refractivity contribution in [3.8, 4) is 0 Å². The van der Waals surface area contributed by atoms with E-state index in [1.165, 1.54) is 22.5 Å². The Hall–Kier alpha value is -2.36. The van der Waals surface area contributed by atoms with Gasteiger partial charge in [-0.05, 0) is 30.2 Å². The predicted molar refractivity (Wildman–Crippen MR) is 91.6 cm³/mol. The van der Waals surface area contributed by atoms with Crippen molar-refractivity contribution in [1.29, 1.82) is 0 Å². The molecular weight excluding hydrogens is 344 g/mol. The topological polar surface area (TPSA) is 105 Å². The number of rotatable bonds is 4. The van der Waals surface area contributed by atoms with Gasteiger partial charge in [0.2, 0.25) is 10.0 Å². The highest BCUT2D eigenvalue weighted by Crippen LogP contribution is 2.31. The molecule has 1 saturated heterocycles. The van der Waals surface area contributed by atoms with Gasteiger partial charge >= 0.3 is 0 Å². The summed E-state index contributed by atoms with van der Waals surface area (Å²) in [4.78, 5) is 14.5. The SMILES string of the molecule is Cc1cc([N+](=O)[O-])ccc1S(=O)(=O)N1CCNCC1c1cccnc1. The first-order valence-corrected chi connectivity index (χ1v) is 9.23. The summed E-state index contributed by atoms with van der Waals surface area (Å²) in [6.45, 7) is 2.92. The zero-order valence-corrected chi connectivity index (χ0v) is 14.4. The lowest BCUT2D eigenvalue weighted by atomic mass is 10.1. The van der Waals surface area contributed by atoms with Gasteiger partial charge in [0.05, 0.1) is 15.9 Å². The second-order valence-electron chi connectivity index (χ2n) is 5.83. The molecule has 8 nitrogen and oxygen atoms in total. The number of aryl methyl sites for hydroxylation is 1. The molecule has 0 aliphatic carbocycles. The van der Waals surface area contributed by atoms with Crippen LogP contribution < -0.4 is 5.32 Å². The van der Waals surface area contributed by atoms with Crippen molar-refractivity contribution in [3.05, 3.63) is 64.0 Å². The standard InChI is InChI=1S/C16H18N4O4S/c1-12-9-14(20(21)22)4-5-16(12)25(23,24)19-8-7-18-11-15(19)13-3-2-6-17-10-13/h2-6,9-10,15,18H,7-8,11H2,1H3. The van der Waals surface area contributed by atoms with Crippen molar-refractivity contribution in [1.82, 2.24) is 14.6 Å². The fourth-order valence-electron chi connectivity index (χ4n) is 2.99. The van der Waals surface area contributed by atoms with Crippen molar-refractivity contribution in [2.45, 2.75) is 17.9 Å². The molecule has 1 atom stereocenters. The Morgan fingerprint density at radius 2 is 2.16 bits per heavy atom. The third-order valence-corrected chi connectivity index (χ3v) is 6.29. The molecule has 0 radical (unpaired) electrons. The van der Waals surface area contributed by atoms with Gasteiger partial charge in [-0.1, -0.05) is 6.07 Å². The first-order chi connectivity index (χ1) is 11.9. The molecule has 0 saturated carbocycles. The van der Waals surface area contributed by atoms with Crippen molar-refractivity contribution < 1.29 is 13.3 Å². The summed E-state index contributed by atoms with van der Waals surface area (Å²) >= 11 is 0. The van der Waals surface area contributed by atoms with E-state index in [9.17, 15) is 18.5 Å². The molecule has 1 aromatic heterocycles. The van der Waals surface area contributed by atoms with Crippen LogP contribution in [0.5, 0.6) is 0 Å². The Bertz CT molecular complexity index is 886. The third-order valence-electron chi connectivity index (χ3n) is 4.22. The molecule has 1 aliphatic heterocycles. The first-order valence-electron chi connectivity index (χ1n) is 7.79. The van der Waals surface area contributed by atoms with Gasteiger partial charge in [-0.3, -0.25) is 15.1 Å². The number of hydrogen-bond donors (Lipinski definition) is 1. The Balaban J connectivity index is 2.01. The Morgan fingerprint density at radius 3 is 2.80 bits per heavy atom. The number of aromatic nitrogens is 1. The normalized spacial score (nSPS) is 18.8. The quantitative estimate of drug-likeness (QED) is 0.655. The van der Waals surface area contributed by atoms with Crippen LogP contribution in [0, 0.1) is 17.0 Å². The van der Waals surface area contributed by atoms with Crippen LogP contribution in [0.25, 0.3) is 0 Å². The molecule has 1 aliphatic rings. The van der Waals surface area contributed by atoms with Crippen LogP contribution in [0.3, 0.4) is 0 Å². The summed E-state index contributed by atoms with van der Waals surface area (Å²) in [6, 6.07) is 7.06. The molecule has 0 amide bonds. The number of sulfonamides is 1. The molecule has 1 aromatic carbocycles. The Morgan fingerprint density at radius 1 is 1.36 bits per heavy atom. The zero-order valence-electron chi connectivity index (χ0n) is 13.6. The van der Waals surface area contributed by atoms with Crippen molar-refractivity contribution in [2.24, 2.45) is 0 Å². The van der Waals surface area contributed by atoms with E-state index < -0.39 is 14.9 Å². The lowest BCUT2D eigenvalue weighted by Crippen LogP contribution is -2.48. The van der Waals surface area contributed by atoms with E-state index in [0.717, 1.165) is 5.56 Å². The van der Waals surface area contributed by atoms with E-state index in [1.807, 2.05) is 6.07 Å². The number of pyridine rings is 1. The molecule has 1 N–H and O–H groups in total. The number of nitrogens with one attached hydrogen (secondary N) is 1. The van der Waals surface area contributed by atoms with Gasteiger partial charge < -0.3 is 5.32 Å². The van der Waals surface area contributed by atoms with Crippen LogP contribution in [0.15, 0.2) is 47.6 Å². The number of piperazine rings is 1. The number of nitro benzene ring substituents is 1. The number of nitro groups is 1. The molecule has 2 aromatic rings. The molecule has 1 unspecified atom stereocenters. The van der Waals surface area contributed by atoms with Crippen molar-refractivity contribution >= 4 is 15.7 Å². The summed E-state index contributed by atoms with van der Waals surface area (Å²) in [6.07, 6.45) is 3.29. The van der Waals surface area contributed by atoms with E-state index in [-0.39, 0.29) is 16.6 Å². The minimum Gasteiger partial charge on any atom is -0.313 e. The average molecular weight is 362 g/mol. The predicted octanol–water partition coefficient (Wildman–Crippen LogP) is 1.63. The largest absolute Gasteiger partial charge is 0.313 e. The maximum absolute atomic E-state index is 13.2. The van der Waals surface area contributed by atoms with Gasteiger partial charge in [0.25, 0.3) is 5.69 Å². The molecule has 3 rings (SSSR count). The molecule has 0 spiro atoms. The molecule has 1 fully saturated rings. The molecule has 25 heavy (non-hydrogen) atoms. The molecule has 132 valence electrons. The van der Waals surface area contributed by atoms with Crippen LogP contribution in [-0.4, -0.2) is 42.3 Å².